The summed E-state index contributed by atoms with van der Waals surface area (Å²) in [5, 5.41) is 2.55. The molecule has 3 N–H and O–H groups in total. The largest absolute Gasteiger partial charge is 0.492 e. The highest BCUT2D eigenvalue weighted by Gasteiger charge is 2.29. The average Bonchev–Trinajstić information content (AvgIpc) is 2.57. The lowest BCUT2D eigenvalue weighted by Crippen LogP contribution is -2.40. The van der Waals surface area contributed by atoms with E-state index in [4.69, 9.17) is 15.2 Å². The number of nitrogens with one attached hydrogen (secondary N) is 1. The quantitative estimate of drug-likeness (QED) is 0.752. The number of sulfonamides is 1. The highest BCUT2D eigenvalue weighted by molar-refractivity contribution is 7.89. The van der Waals surface area contributed by atoms with Crippen LogP contribution in [0.15, 0.2) is 23.1 Å². The van der Waals surface area contributed by atoms with Crippen molar-refractivity contribution in [2.75, 3.05) is 44.8 Å². The molecule has 23 heavy (non-hydrogen) atoms. The van der Waals surface area contributed by atoms with E-state index < -0.39 is 15.9 Å². The number of rotatable bonds is 6. The van der Waals surface area contributed by atoms with Crippen LogP contribution in [0.4, 0.5) is 5.69 Å². The fraction of sp³-hybridized carbons (Fsp3) is 0.500. The fourth-order valence-corrected chi connectivity index (χ4v) is 3.77. The molecule has 0 saturated carbocycles. The molecule has 1 aromatic rings. The van der Waals surface area contributed by atoms with Gasteiger partial charge in [-0.15, -0.1) is 0 Å². The van der Waals surface area contributed by atoms with Crippen LogP contribution in [0.5, 0.6) is 5.75 Å². The van der Waals surface area contributed by atoms with Gasteiger partial charge >= 0.3 is 0 Å². The predicted octanol–water partition coefficient (Wildman–Crippen LogP) is 0.00340. The molecule has 8 nitrogen and oxygen atoms in total. The Hall–Kier alpha value is -1.68. The first-order valence-corrected chi connectivity index (χ1v) is 8.77. The molecule has 1 aromatic carbocycles. The van der Waals surface area contributed by atoms with Gasteiger partial charge in [-0.1, -0.05) is 0 Å². The van der Waals surface area contributed by atoms with Gasteiger partial charge in [0.1, 0.15) is 10.6 Å². The van der Waals surface area contributed by atoms with Crippen LogP contribution in [0.2, 0.25) is 0 Å². The Bertz CT molecular complexity index is 656. The number of morpholine rings is 1. The van der Waals surface area contributed by atoms with Gasteiger partial charge in [-0.25, -0.2) is 8.42 Å². The molecule has 0 aromatic heterocycles. The van der Waals surface area contributed by atoms with E-state index in [2.05, 4.69) is 5.32 Å². The Kier molecular flexibility index (Phi) is 5.94. The number of nitrogens with zero attached hydrogens (tertiary/aromatic N) is 1. The van der Waals surface area contributed by atoms with E-state index >= 15 is 0 Å². The summed E-state index contributed by atoms with van der Waals surface area (Å²) in [6.07, 6.45) is 0. The number of ether oxygens (including phenoxy) is 2. The van der Waals surface area contributed by atoms with Crippen molar-refractivity contribution in [1.82, 2.24) is 4.31 Å². The van der Waals surface area contributed by atoms with Gasteiger partial charge in [0.15, 0.2) is 0 Å². The highest BCUT2D eigenvalue weighted by atomic mass is 32.2. The summed E-state index contributed by atoms with van der Waals surface area (Å²) in [5.41, 5.74) is 5.62. The van der Waals surface area contributed by atoms with Gasteiger partial charge in [0, 0.05) is 18.8 Å². The van der Waals surface area contributed by atoms with Gasteiger partial charge in [0.2, 0.25) is 15.9 Å². The second kappa shape index (κ2) is 7.73. The zero-order valence-electron chi connectivity index (χ0n) is 12.9. The number of anilines is 1. The van der Waals surface area contributed by atoms with Crippen LogP contribution in [0.3, 0.4) is 0 Å². The molecule has 0 aliphatic carbocycles. The van der Waals surface area contributed by atoms with E-state index in [9.17, 15) is 13.2 Å². The molecule has 0 unspecified atom stereocenters. The number of benzene rings is 1. The third-order valence-electron chi connectivity index (χ3n) is 3.30. The minimum absolute atomic E-state index is 0.0241. The first-order chi connectivity index (χ1) is 11.0. The Morgan fingerprint density at radius 3 is 2.70 bits per heavy atom. The maximum absolute atomic E-state index is 12.8. The maximum Gasteiger partial charge on any atom is 0.246 e. The number of hydrogen-bond acceptors (Lipinski definition) is 6. The molecule has 0 atom stereocenters. The van der Waals surface area contributed by atoms with Gasteiger partial charge in [0.25, 0.3) is 0 Å². The Labute approximate surface area is 135 Å². The zero-order valence-corrected chi connectivity index (χ0v) is 13.8. The number of carbonyl (C=O) groups excluding carboxylic acids is 1. The molecule has 1 amide bonds. The van der Waals surface area contributed by atoms with E-state index in [1.54, 1.807) is 13.0 Å². The van der Waals surface area contributed by atoms with Crippen LogP contribution in [0, 0.1) is 0 Å². The number of carbonyl (C=O) groups is 1. The maximum atomic E-state index is 12.8. The van der Waals surface area contributed by atoms with Crippen LogP contribution >= 0.6 is 0 Å². The predicted molar refractivity (Wildman–Crippen MR) is 84.9 cm³/mol. The van der Waals surface area contributed by atoms with Crippen molar-refractivity contribution < 1.29 is 22.7 Å². The van der Waals surface area contributed by atoms with Crippen molar-refractivity contribution in [2.45, 2.75) is 11.8 Å². The number of amides is 1. The molecule has 1 saturated heterocycles. The van der Waals surface area contributed by atoms with Crippen molar-refractivity contribution in [1.29, 1.82) is 0 Å². The minimum Gasteiger partial charge on any atom is -0.492 e. The summed E-state index contributed by atoms with van der Waals surface area (Å²) in [6.45, 7) is 3.20. The molecule has 1 aliphatic rings. The normalized spacial score (nSPS) is 16.1. The van der Waals surface area contributed by atoms with E-state index in [0.717, 1.165) is 0 Å². The SMILES string of the molecule is CCOc1ccc(NC(=O)CN)cc1S(=O)(=O)N1CCOCC1. The molecule has 1 aliphatic heterocycles. The second-order valence-electron chi connectivity index (χ2n) is 4.86. The molecular weight excluding hydrogens is 322 g/mol. The van der Waals surface area contributed by atoms with Crippen molar-refractivity contribution in [3.8, 4) is 5.75 Å². The Morgan fingerprint density at radius 1 is 1.39 bits per heavy atom. The van der Waals surface area contributed by atoms with Crippen molar-refractivity contribution in [2.24, 2.45) is 5.73 Å². The van der Waals surface area contributed by atoms with Gasteiger partial charge in [-0.2, -0.15) is 4.31 Å². The van der Waals surface area contributed by atoms with Crippen LogP contribution in [-0.2, 0) is 19.6 Å². The highest BCUT2D eigenvalue weighted by Crippen LogP contribution is 2.30. The topological polar surface area (TPSA) is 111 Å². The summed E-state index contributed by atoms with van der Waals surface area (Å²) in [6, 6.07) is 4.50. The third-order valence-corrected chi connectivity index (χ3v) is 5.22. The monoisotopic (exact) mass is 343 g/mol. The lowest BCUT2D eigenvalue weighted by molar-refractivity contribution is -0.114. The summed E-state index contributed by atoms with van der Waals surface area (Å²) in [7, 11) is -3.73. The Morgan fingerprint density at radius 2 is 2.09 bits per heavy atom. The zero-order chi connectivity index (χ0) is 16.9. The fourth-order valence-electron chi connectivity index (χ4n) is 2.20. The van der Waals surface area contributed by atoms with Gasteiger partial charge < -0.3 is 20.5 Å². The van der Waals surface area contributed by atoms with E-state index in [1.165, 1.54) is 16.4 Å². The average molecular weight is 343 g/mol. The first kappa shape index (κ1) is 17.7. The smallest absolute Gasteiger partial charge is 0.246 e. The minimum atomic E-state index is -3.73. The lowest BCUT2D eigenvalue weighted by atomic mass is 10.3. The summed E-state index contributed by atoms with van der Waals surface area (Å²) < 4.78 is 37.7. The van der Waals surface area contributed by atoms with Crippen LogP contribution in [-0.4, -0.2) is 58.1 Å². The van der Waals surface area contributed by atoms with Crippen LogP contribution in [0.25, 0.3) is 0 Å². The molecule has 9 heteroatoms. The summed E-state index contributed by atoms with van der Waals surface area (Å²) in [4.78, 5) is 11.4. The first-order valence-electron chi connectivity index (χ1n) is 7.33. The molecule has 0 radical (unpaired) electrons. The summed E-state index contributed by atoms with van der Waals surface area (Å²) >= 11 is 0. The van der Waals surface area contributed by atoms with Crippen molar-refractivity contribution >= 4 is 21.6 Å². The molecule has 0 spiro atoms. The Balaban J connectivity index is 2.39. The van der Waals surface area contributed by atoms with Crippen LogP contribution in [0.1, 0.15) is 6.92 Å². The van der Waals surface area contributed by atoms with E-state index in [1.807, 2.05) is 0 Å². The molecule has 1 heterocycles. The van der Waals surface area contributed by atoms with E-state index in [-0.39, 0.29) is 30.3 Å². The molecule has 2 rings (SSSR count). The van der Waals surface area contributed by atoms with Gasteiger partial charge in [-0.05, 0) is 25.1 Å². The molecule has 0 bridgehead atoms. The summed E-state index contributed by atoms with van der Waals surface area (Å²) in [5.74, 6) is -0.145. The standard InChI is InChI=1S/C14H21N3O5S/c1-2-22-12-4-3-11(16-14(18)10-15)9-13(12)23(19,20)17-5-7-21-8-6-17/h3-4,9H,2,5-8,10,15H2,1H3,(H,16,18). The van der Waals surface area contributed by atoms with Gasteiger partial charge in [0.05, 0.1) is 26.4 Å². The van der Waals surface area contributed by atoms with Gasteiger partial charge in [-0.3, -0.25) is 4.79 Å². The van der Waals surface area contributed by atoms with Crippen molar-refractivity contribution in [3.63, 3.8) is 0 Å². The van der Waals surface area contributed by atoms with E-state index in [0.29, 0.717) is 25.5 Å². The molecule has 128 valence electrons. The number of hydrogen-bond donors (Lipinski definition) is 2. The molecule has 1 fully saturated rings. The lowest BCUT2D eigenvalue weighted by Gasteiger charge is -2.27. The van der Waals surface area contributed by atoms with Crippen molar-refractivity contribution in [3.05, 3.63) is 18.2 Å². The third kappa shape index (κ3) is 4.20. The number of nitrogens with two attached hydrogens (primary N) is 1. The van der Waals surface area contributed by atoms with Crippen LogP contribution < -0.4 is 15.8 Å². The molecular formula is C14H21N3O5S. The second-order valence-corrected chi connectivity index (χ2v) is 6.77.